The Hall–Kier alpha value is -0.820. The van der Waals surface area contributed by atoms with Gasteiger partial charge in [-0.15, -0.1) is 0 Å². The van der Waals surface area contributed by atoms with Gasteiger partial charge in [0.2, 0.25) is 0 Å². The van der Waals surface area contributed by atoms with Crippen LogP contribution in [-0.4, -0.2) is 13.1 Å². The molecule has 1 N–H and O–H groups in total. The van der Waals surface area contributed by atoms with Gasteiger partial charge in [0, 0.05) is 6.04 Å². The zero-order chi connectivity index (χ0) is 11.3. The Bertz CT molecular complexity index is 276. The first-order valence-corrected chi connectivity index (χ1v) is 5.95. The van der Waals surface area contributed by atoms with Gasteiger partial charge in [-0.05, 0) is 37.4 Å². The van der Waals surface area contributed by atoms with Crippen LogP contribution in [-0.2, 0) is 6.42 Å². The Balaban J connectivity index is 2.70. The van der Waals surface area contributed by atoms with Crippen LogP contribution in [0, 0.1) is 0 Å². The summed E-state index contributed by atoms with van der Waals surface area (Å²) >= 11 is 0. The van der Waals surface area contributed by atoms with Gasteiger partial charge in [-0.2, -0.15) is 0 Å². The quantitative estimate of drug-likeness (QED) is 0.777. The second-order valence-corrected chi connectivity index (χ2v) is 4.36. The first kappa shape index (κ1) is 12.3. The largest absolute Gasteiger partial charge is 0.317 e. The van der Waals surface area contributed by atoms with Gasteiger partial charge in [-0.25, -0.2) is 0 Å². The molecule has 0 saturated carbocycles. The molecular formula is C14H23N. The van der Waals surface area contributed by atoms with Gasteiger partial charge in [0.1, 0.15) is 0 Å². The van der Waals surface area contributed by atoms with Crippen molar-refractivity contribution < 1.29 is 0 Å². The van der Waals surface area contributed by atoms with E-state index in [4.69, 9.17) is 0 Å². The minimum Gasteiger partial charge on any atom is -0.317 e. The lowest BCUT2D eigenvalue weighted by Gasteiger charge is -2.19. The minimum absolute atomic E-state index is 0.530. The van der Waals surface area contributed by atoms with Crippen molar-refractivity contribution in [2.45, 2.75) is 45.6 Å². The maximum atomic E-state index is 3.30. The molecule has 0 amide bonds. The Labute approximate surface area is 93.9 Å². The summed E-state index contributed by atoms with van der Waals surface area (Å²) in [5, 5.41) is 3.30. The van der Waals surface area contributed by atoms with E-state index in [1.54, 1.807) is 0 Å². The number of aryl methyl sites for hydroxylation is 1. The van der Waals surface area contributed by atoms with E-state index < -0.39 is 0 Å². The molecule has 1 aromatic carbocycles. The molecule has 0 fully saturated rings. The molecule has 1 nitrogen and oxygen atoms in total. The average Bonchev–Trinajstić information content (AvgIpc) is 2.28. The van der Waals surface area contributed by atoms with Crippen molar-refractivity contribution in [1.29, 1.82) is 0 Å². The standard InChI is InChI=1S/C14H23N/c1-5-6-13-7-9-14(10-8-13)11(2)12(3)15-4/h7-12,15H,5-6H2,1-4H3. The van der Waals surface area contributed by atoms with E-state index in [0.717, 1.165) is 0 Å². The second kappa shape index (κ2) is 5.92. The molecule has 2 atom stereocenters. The molecule has 0 aliphatic heterocycles. The van der Waals surface area contributed by atoms with Crippen molar-refractivity contribution in [3.63, 3.8) is 0 Å². The van der Waals surface area contributed by atoms with Gasteiger partial charge in [-0.3, -0.25) is 0 Å². The Morgan fingerprint density at radius 1 is 1.13 bits per heavy atom. The lowest BCUT2D eigenvalue weighted by molar-refractivity contribution is 0.524. The molecule has 84 valence electrons. The molecular weight excluding hydrogens is 182 g/mol. The number of hydrogen-bond acceptors (Lipinski definition) is 1. The third-order valence-corrected chi connectivity index (χ3v) is 3.25. The highest BCUT2D eigenvalue weighted by molar-refractivity contribution is 5.26. The number of benzene rings is 1. The van der Waals surface area contributed by atoms with E-state index >= 15 is 0 Å². The van der Waals surface area contributed by atoms with Gasteiger partial charge >= 0.3 is 0 Å². The molecule has 1 rings (SSSR count). The highest BCUT2D eigenvalue weighted by Crippen LogP contribution is 2.19. The monoisotopic (exact) mass is 205 g/mol. The number of hydrogen-bond donors (Lipinski definition) is 1. The molecule has 1 aromatic rings. The topological polar surface area (TPSA) is 12.0 Å². The van der Waals surface area contributed by atoms with Crippen LogP contribution in [0.2, 0.25) is 0 Å². The molecule has 0 aliphatic carbocycles. The number of rotatable bonds is 5. The number of likely N-dealkylation sites (N-methyl/N-ethyl adjacent to an activating group) is 1. The van der Waals surface area contributed by atoms with Gasteiger partial charge in [0.25, 0.3) is 0 Å². The molecule has 0 radical (unpaired) electrons. The highest BCUT2D eigenvalue weighted by Gasteiger charge is 2.11. The Kier molecular flexibility index (Phi) is 4.83. The van der Waals surface area contributed by atoms with E-state index in [2.05, 4.69) is 50.4 Å². The van der Waals surface area contributed by atoms with E-state index in [-0.39, 0.29) is 0 Å². The number of nitrogens with one attached hydrogen (secondary N) is 1. The van der Waals surface area contributed by atoms with E-state index in [1.807, 2.05) is 7.05 Å². The molecule has 0 heterocycles. The van der Waals surface area contributed by atoms with Crippen molar-refractivity contribution in [3.8, 4) is 0 Å². The van der Waals surface area contributed by atoms with Crippen molar-refractivity contribution in [1.82, 2.24) is 5.32 Å². The third-order valence-electron chi connectivity index (χ3n) is 3.25. The second-order valence-electron chi connectivity index (χ2n) is 4.36. The lowest BCUT2D eigenvalue weighted by Crippen LogP contribution is -2.27. The fraction of sp³-hybridized carbons (Fsp3) is 0.571. The lowest BCUT2D eigenvalue weighted by atomic mass is 9.93. The van der Waals surface area contributed by atoms with Crippen molar-refractivity contribution in [2.24, 2.45) is 0 Å². The summed E-state index contributed by atoms with van der Waals surface area (Å²) in [7, 11) is 2.02. The van der Waals surface area contributed by atoms with E-state index in [0.29, 0.717) is 12.0 Å². The summed E-state index contributed by atoms with van der Waals surface area (Å²) < 4.78 is 0. The molecule has 2 unspecified atom stereocenters. The van der Waals surface area contributed by atoms with E-state index in [1.165, 1.54) is 24.0 Å². The van der Waals surface area contributed by atoms with E-state index in [9.17, 15) is 0 Å². The van der Waals surface area contributed by atoms with Crippen LogP contribution in [0.15, 0.2) is 24.3 Å². The smallest absolute Gasteiger partial charge is 0.0102 e. The maximum Gasteiger partial charge on any atom is 0.0102 e. The summed E-state index contributed by atoms with van der Waals surface area (Å²) in [5.41, 5.74) is 2.88. The van der Waals surface area contributed by atoms with Crippen LogP contribution in [0.4, 0.5) is 0 Å². The van der Waals surface area contributed by atoms with Crippen molar-refractivity contribution in [2.75, 3.05) is 7.05 Å². The summed E-state index contributed by atoms with van der Waals surface area (Å²) in [6, 6.07) is 9.59. The zero-order valence-electron chi connectivity index (χ0n) is 10.4. The van der Waals surface area contributed by atoms with Crippen LogP contribution >= 0.6 is 0 Å². The fourth-order valence-corrected chi connectivity index (χ4v) is 1.82. The minimum atomic E-state index is 0.530. The van der Waals surface area contributed by atoms with Gasteiger partial charge in [0.15, 0.2) is 0 Å². The molecule has 15 heavy (non-hydrogen) atoms. The Morgan fingerprint density at radius 2 is 1.73 bits per heavy atom. The fourth-order valence-electron chi connectivity index (χ4n) is 1.82. The first-order chi connectivity index (χ1) is 7.19. The SMILES string of the molecule is CCCc1ccc(C(C)C(C)NC)cc1. The van der Waals surface area contributed by atoms with Crippen molar-refractivity contribution >= 4 is 0 Å². The maximum absolute atomic E-state index is 3.30. The predicted octanol–water partition coefficient (Wildman–Crippen LogP) is 3.35. The van der Waals surface area contributed by atoms with Crippen molar-refractivity contribution in [3.05, 3.63) is 35.4 Å². The van der Waals surface area contributed by atoms with Gasteiger partial charge < -0.3 is 5.32 Å². The average molecular weight is 205 g/mol. The summed E-state index contributed by atoms with van der Waals surface area (Å²) in [4.78, 5) is 0. The van der Waals surface area contributed by atoms with Crippen LogP contribution < -0.4 is 5.32 Å². The summed E-state index contributed by atoms with van der Waals surface area (Å²) in [5.74, 6) is 0.575. The normalized spacial score (nSPS) is 14.9. The van der Waals surface area contributed by atoms with Crippen LogP contribution in [0.1, 0.15) is 44.2 Å². The molecule has 0 bridgehead atoms. The zero-order valence-corrected chi connectivity index (χ0v) is 10.4. The highest BCUT2D eigenvalue weighted by atomic mass is 14.9. The van der Waals surface area contributed by atoms with Gasteiger partial charge in [-0.1, -0.05) is 44.5 Å². The third kappa shape index (κ3) is 3.35. The van der Waals surface area contributed by atoms with Gasteiger partial charge in [0.05, 0.1) is 0 Å². The van der Waals surface area contributed by atoms with Crippen LogP contribution in [0.25, 0.3) is 0 Å². The summed E-state index contributed by atoms with van der Waals surface area (Å²) in [6.45, 7) is 6.72. The molecule has 0 aliphatic rings. The van der Waals surface area contributed by atoms with Crippen LogP contribution in [0.3, 0.4) is 0 Å². The first-order valence-electron chi connectivity index (χ1n) is 5.95. The van der Waals surface area contributed by atoms with Crippen LogP contribution in [0.5, 0.6) is 0 Å². The summed E-state index contributed by atoms with van der Waals surface area (Å²) in [6.07, 6.45) is 2.41. The Morgan fingerprint density at radius 3 is 2.20 bits per heavy atom. The molecule has 1 heteroatoms. The molecule has 0 spiro atoms. The molecule has 0 aromatic heterocycles. The molecule has 0 saturated heterocycles. The predicted molar refractivity (Wildman–Crippen MR) is 67.4 cm³/mol.